The molecule has 1 saturated heterocycles. The Morgan fingerprint density at radius 2 is 1.72 bits per heavy atom. The number of aliphatic hydroxyl groups is 1. The highest BCUT2D eigenvalue weighted by Gasteiger charge is 2.44. The summed E-state index contributed by atoms with van der Waals surface area (Å²) < 4.78 is 39.1. The van der Waals surface area contributed by atoms with Gasteiger partial charge >= 0.3 is 0 Å². The fraction of sp³-hybridized carbons (Fsp3) is 0.500. The minimum Gasteiger partial charge on any atom is -0.387 e. The van der Waals surface area contributed by atoms with Crippen LogP contribution in [0.25, 0.3) is 0 Å². The molecule has 1 N–H and O–H groups in total. The van der Waals surface area contributed by atoms with Crippen LogP contribution in [-0.2, 0) is 10.0 Å². The van der Waals surface area contributed by atoms with E-state index in [2.05, 4.69) is 0 Å². The largest absolute Gasteiger partial charge is 0.387 e. The second kappa shape index (κ2) is 4.01. The Morgan fingerprint density at radius 3 is 2.11 bits per heavy atom. The van der Waals surface area contributed by atoms with E-state index in [4.69, 9.17) is 0 Å². The standard InChI is InChI=1S/C12H16FNO3S/c1-8-4-10(13)5-9(2)11(8)18(16,17)14-6-12(3,15)7-14/h4-5,15H,6-7H2,1-3H3. The lowest BCUT2D eigenvalue weighted by molar-refractivity contribution is -0.0426. The maximum absolute atomic E-state index is 13.2. The average molecular weight is 273 g/mol. The summed E-state index contributed by atoms with van der Waals surface area (Å²) in [6.07, 6.45) is 0. The molecule has 0 saturated carbocycles. The molecule has 1 fully saturated rings. The Balaban J connectivity index is 2.44. The van der Waals surface area contributed by atoms with Gasteiger partial charge in [0.1, 0.15) is 5.82 Å². The molecule has 0 aliphatic carbocycles. The van der Waals surface area contributed by atoms with Gasteiger partial charge in [-0.3, -0.25) is 0 Å². The van der Waals surface area contributed by atoms with Crippen LogP contribution < -0.4 is 0 Å². The second-order valence-corrected chi connectivity index (χ2v) is 7.01. The molecule has 2 rings (SSSR count). The quantitative estimate of drug-likeness (QED) is 0.881. The van der Waals surface area contributed by atoms with Gasteiger partial charge in [-0.1, -0.05) is 0 Å². The molecule has 4 nitrogen and oxygen atoms in total. The Kier molecular flexibility index (Phi) is 3.00. The van der Waals surface area contributed by atoms with Crippen molar-refractivity contribution in [2.75, 3.05) is 13.1 Å². The highest BCUT2D eigenvalue weighted by atomic mass is 32.2. The van der Waals surface area contributed by atoms with E-state index < -0.39 is 21.4 Å². The Morgan fingerprint density at radius 1 is 1.28 bits per heavy atom. The molecule has 1 aliphatic heterocycles. The van der Waals surface area contributed by atoms with Gasteiger partial charge in [0.05, 0.1) is 10.5 Å². The van der Waals surface area contributed by atoms with Crippen LogP contribution in [-0.4, -0.2) is 36.5 Å². The summed E-state index contributed by atoms with van der Waals surface area (Å²) in [7, 11) is -3.64. The van der Waals surface area contributed by atoms with Gasteiger partial charge in [0.15, 0.2) is 0 Å². The maximum atomic E-state index is 13.2. The highest BCUT2D eigenvalue weighted by molar-refractivity contribution is 7.89. The van der Waals surface area contributed by atoms with E-state index >= 15 is 0 Å². The first-order valence-corrected chi connectivity index (χ1v) is 7.07. The van der Waals surface area contributed by atoms with Crippen molar-refractivity contribution >= 4 is 10.0 Å². The van der Waals surface area contributed by atoms with Crippen molar-refractivity contribution < 1.29 is 17.9 Å². The van der Waals surface area contributed by atoms with E-state index in [0.29, 0.717) is 11.1 Å². The van der Waals surface area contributed by atoms with Crippen LogP contribution in [0.5, 0.6) is 0 Å². The highest BCUT2D eigenvalue weighted by Crippen LogP contribution is 2.31. The van der Waals surface area contributed by atoms with E-state index in [-0.39, 0.29) is 18.0 Å². The van der Waals surface area contributed by atoms with E-state index in [1.54, 1.807) is 20.8 Å². The molecule has 0 bridgehead atoms. The van der Waals surface area contributed by atoms with Crippen molar-refractivity contribution in [3.63, 3.8) is 0 Å². The van der Waals surface area contributed by atoms with Crippen molar-refractivity contribution in [1.29, 1.82) is 0 Å². The van der Waals surface area contributed by atoms with Gasteiger partial charge in [0.2, 0.25) is 10.0 Å². The first-order chi connectivity index (χ1) is 8.13. The van der Waals surface area contributed by atoms with Crippen molar-refractivity contribution in [3.05, 3.63) is 29.1 Å². The van der Waals surface area contributed by atoms with Gasteiger partial charge in [-0.05, 0) is 44.0 Å². The van der Waals surface area contributed by atoms with Gasteiger partial charge in [-0.25, -0.2) is 12.8 Å². The minimum atomic E-state index is -3.64. The molecule has 100 valence electrons. The lowest BCUT2D eigenvalue weighted by atomic mass is 10.0. The number of aryl methyl sites for hydroxylation is 2. The zero-order chi connectivity index (χ0) is 13.7. The fourth-order valence-corrected chi connectivity index (χ4v) is 4.40. The minimum absolute atomic E-state index is 0.0750. The summed E-state index contributed by atoms with van der Waals surface area (Å²) in [5.74, 6) is -0.445. The van der Waals surface area contributed by atoms with Crippen molar-refractivity contribution in [2.45, 2.75) is 31.3 Å². The Bertz CT molecular complexity index is 564. The third-order valence-corrected chi connectivity index (χ3v) is 5.15. The molecule has 1 aliphatic rings. The van der Waals surface area contributed by atoms with E-state index in [9.17, 15) is 17.9 Å². The predicted molar refractivity (Wildman–Crippen MR) is 65.3 cm³/mol. The number of hydrogen-bond acceptors (Lipinski definition) is 3. The van der Waals surface area contributed by atoms with E-state index in [1.165, 1.54) is 16.4 Å². The summed E-state index contributed by atoms with van der Waals surface area (Å²) >= 11 is 0. The molecule has 18 heavy (non-hydrogen) atoms. The number of β-amino-alcohol motifs (C(OH)–C–C–N with tert-alkyl or cyclic N) is 1. The molecule has 1 aromatic carbocycles. The van der Waals surface area contributed by atoms with Gasteiger partial charge in [-0.2, -0.15) is 4.31 Å². The second-order valence-electron chi connectivity index (χ2n) is 5.14. The molecular weight excluding hydrogens is 257 g/mol. The third-order valence-electron chi connectivity index (χ3n) is 3.06. The fourth-order valence-electron chi connectivity index (χ4n) is 2.32. The molecule has 0 unspecified atom stereocenters. The molecule has 0 atom stereocenters. The first-order valence-electron chi connectivity index (χ1n) is 5.63. The molecule has 1 aromatic rings. The molecule has 6 heteroatoms. The lowest BCUT2D eigenvalue weighted by Crippen LogP contribution is -2.61. The van der Waals surface area contributed by atoms with Crippen molar-refractivity contribution in [2.24, 2.45) is 0 Å². The summed E-state index contributed by atoms with van der Waals surface area (Å²) in [5.41, 5.74) is -0.187. The number of rotatable bonds is 2. The van der Waals surface area contributed by atoms with E-state index in [0.717, 1.165) is 0 Å². The van der Waals surface area contributed by atoms with E-state index in [1.807, 2.05) is 0 Å². The summed E-state index contributed by atoms with van der Waals surface area (Å²) in [6.45, 7) is 4.88. The summed E-state index contributed by atoms with van der Waals surface area (Å²) in [4.78, 5) is 0.138. The van der Waals surface area contributed by atoms with Gasteiger partial charge in [0, 0.05) is 13.1 Å². The molecule has 0 amide bonds. The van der Waals surface area contributed by atoms with Gasteiger partial charge in [-0.15, -0.1) is 0 Å². The van der Waals surface area contributed by atoms with Gasteiger partial charge < -0.3 is 5.11 Å². The van der Waals surface area contributed by atoms with Crippen LogP contribution in [0.2, 0.25) is 0 Å². The molecule has 0 spiro atoms. The number of sulfonamides is 1. The number of hydrogen-bond donors (Lipinski definition) is 1. The number of nitrogens with zero attached hydrogens (tertiary/aromatic N) is 1. The van der Waals surface area contributed by atoms with Crippen LogP contribution in [0.1, 0.15) is 18.1 Å². The summed E-state index contributed by atoms with van der Waals surface area (Å²) in [6, 6.07) is 2.41. The lowest BCUT2D eigenvalue weighted by Gasteiger charge is -2.43. The van der Waals surface area contributed by atoms with Crippen LogP contribution in [0.3, 0.4) is 0 Å². The monoisotopic (exact) mass is 273 g/mol. The average Bonchev–Trinajstić information content (AvgIpc) is 2.11. The Labute approximate surface area is 106 Å². The zero-order valence-electron chi connectivity index (χ0n) is 10.6. The third kappa shape index (κ3) is 2.15. The normalized spacial score (nSPS) is 19.6. The van der Waals surface area contributed by atoms with Crippen LogP contribution in [0.15, 0.2) is 17.0 Å². The summed E-state index contributed by atoms with van der Waals surface area (Å²) in [5, 5.41) is 9.61. The molecule has 0 aromatic heterocycles. The molecule has 1 heterocycles. The van der Waals surface area contributed by atoms with Crippen LogP contribution in [0.4, 0.5) is 4.39 Å². The number of halogens is 1. The zero-order valence-corrected chi connectivity index (χ0v) is 11.4. The Hall–Kier alpha value is -0.980. The van der Waals surface area contributed by atoms with Crippen LogP contribution >= 0.6 is 0 Å². The number of benzene rings is 1. The van der Waals surface area contributed by atoms with Crippen molar-refractivity contribution in [3.8, 4) is 0 Å². The molecular formula is C12H16FNO3S. The van der Waals surface area contributed by atoms with Crippen molar-refractivity contribution in [1.82, 2.24) is 4.31 Å². The predicted octanol–water partition coefficient (Wildman–Crippen LogP) is 1.20. The smallest absolute Gasteiger partial charge is 0.243 e. The first kappa shape index (κ1) is 13.5. The maximum Gasteiger partial charge on any atom is 0.243 e. The topological polar surface area (TPSA) is 57.6 Å². The SMILES string of the molecule is Cc1cc(F)cc(C)c1S(=O)(=O)N1CC(C)(O)C1. The van der Waals surface area contributed by atoms with Gasteiger partial charge in [0.25, 0.3) is 0 Å². The van der Waals surface area contributed by atoms with Crippen LogP contribution in [0, 0.1) is 19.7 Å². The molecule has 0 radical (unpaired) electrons.